The lowest BCUT2D eigenvalue weighted by molar-refractivity contribution is -0.119. The van der Waals surface area contributed by atoms with Crippen molar-refractivity contribution in [2.45, 2.75) is 13.0 Å². The SMILES string of the molecule is CNC(=O)CNC(C)c1c[nH]c(=O)c2ccccc12. The number of hydrogen-bond acceptors (Lipinski definition) is 3. The first kappa shape index (κ1) is 13.3. The van der Waals surface area contributed by atoms with Crippen LogP contribution < -0.4 is 16.2 Å². The minimum absolute atomic E-state index is 0.0287. The van der Waals surface area contributed by atoms with E-state index >= 15 is 0 Å². The van der Waals surface area contributed by atoms with E-state index in [1.54, 1.807) is 19.3 Å². The van der Waals surface area contributed by atoms with Crippen LogP contribution in [-0.2, 0) is 4.79 Å². The van der Waals surface area contributed by atoms with Gasteiger partial charge >= 0.3 is 0 Å². The number of likely N-dealkylation sites (N-methyl/N-ethyl adjacent to an activating group) is 1. The van der Waals surface area contributed by atoms with Gasteiger partial charge in [0, 0.05) is 24.7 Å². The molecule has 2 aromatic rings. The Hall–Kier alpha value is -2.14. The summed E-state index contributed by atoms with van der Waals surface area (Å²) in [5.41, 5.74) is 0.872. The minimum atomic E-state index is -0.0992. The molecule has 0 aliphatic rings. The molecule has 0 spiro atoms. The highest BCUT2D eigenvalue weighted by molar-refractivity contribution is 5.85. The monoisotopic (exact) mass is 259 g/mol. The zero-order valence-electron chi connectivity index (χ0n) is 11.0. The Labute approximate surface area is 111 Å². The summed E-state index contributed by atoms with van der Waals surface area (Å²) in [5, 5.41) is 7.25. The summed E-state index contributed by atoms with van der Waals surface area (Å²) in [6.45, 7) is 2.20. The van der Waals surface area contributed by atoms with Gasteiger partial charge in [-0.25, -0.2) is 0 Å². The molecule has 3 N–H and O–H groups in total. The van der Waals surface area contributed by atoms with Crippen LogP contribution in [0.5, 0.6) is 0 Å². The number of amides is 1. The molecule has 19 heavy (non-hydrogen) atoms. The predicted molar refractivity (Wildman–Crippen MR) is 75.1 cm³/mol. The molecule has 0 saturated carbocycles. The molecule has 0 fully saturated rings. The van der Waals surface area contributed by atoms with Crippen LogP contribution >= 0.6 is 0 Å². The van der Waals surface area contributed by atoms with Crippen LogP contribution in [0.4, 0.5) is 0 Å². The second kappa shape index (κ2) is 5.67. The van der Waals surface area contributed by atoms with Crippen molar-refractivity contribution in [2.24, 2.45) is 0 Å². The van der Waals surface area contributed by atoms with Crippen molar-refractivity contribution in [2.75, 3.05) is 13.6 Å². The molecular formula is C14H17N3O2. The van der Waals surface area contributed by atoms with Crippen molar-refractivity contribution in [1.29, 1.82) is 0 Å². The maximum atomic E-state index is 11.7. The van der Waals surface area contributed by atoms with Gasteiger partial charge in [-0.3, -0.25) is 9.59 Å². The van der Waals surface area contributed by atoms with E-state index in [4.69, 9.17) is 0 Å². The number of benzene rings is 1. The Morgan fingerprint density at radius 3 is 2.68 bits per heavy atom. The standard InChI is InChI=1S/C14H17N3O2/c1-9(16-8-13(18)15-2)12-7-17-14(19)11-6-4-3-5-10(11)12/h3-7,9,16H,8H2,1-2H3,(H,15,18)(H,17,19). The van der Waals surface area contributed by atoms with E-state index in [-0.39, 0.29) is 24.1 Å². The summed E-state index contributed by atoms with van der Waals surface area (Å²) in [7, 11) is 1.60. The van der Waals surface area contributed by atoms with Gasteiger partial charge < -0.3 is 15.6 Å². The molecule has 1 atom stereocenters. The first-order valence-corrected chi connectivity index (χ1v) is 6.17. The van der Waals surface area contributed by atoms with E-state index in [1.165, 1.54) is 0 Å². The number of fused-ring (bicyclic) bond motifs is 1. The fraction of sp³-hybridized carbons (Fsp3) is 0.286. The van der Waals surface area contributed by atoms with Gasteiger partial charge in [0.2, 0.25) is 5.91 Å². The number of rotatable bonds is 4. The average Bonchev–Trinajstić information content (AvgIpc) is 2.45. The molecule has 5 nitrogen and oxygen atoms in total. The smallest absolute Gasteiger partial charge is 0.255 e. The third-order valence-electron chi connectivity index (χ3n) is 3.16. The maximum Gasteiger partial charge on any atom is 0.255 e. The lowest BCUT2D eigenvalue weighted by atomic mass is 10.0. The summed E-state index contributed by atoms with van der Waals surface area (Å²) in [6.07, 6.45) is 1.70. The predicted octanol–water partition coefficient (Wildman–Crippen LogP) is 0.925. The largest absolute Gasteiger partial charge is 0.358 e. The summed E-state index contributed by atoms with van der Waals surface area (Å²) in [5.74, 6) is -0.0689. The molecule has 0 aliphatic carbocycles. The van der Waals surface area contributed by atoms with Crippen molar-refractivity contribution < 1.29 is 4.79 Å². The second-order valence-electron chi connectivity index (χ2n) is 4.39. The van der Waals surface area contributed by atoms with Crippen LogP contribution in [0, 0.1) is 0 Å². The molecule has 1 unspecified atom stereocenters. The lowest BCUT2D eigenvalue weighted by Gasteiger charge is -2.15. The lowest BCUT2D eigenvalue weighted by Crippen LogP contribution is -2.33. The number of aromatic nitrogens is 1. The summed E-state index contributed by atoms with van der Waals surface area (Å²) >= 11 is 0. The molecule has 1 amide bonds. The Morgan fingerprint density at radius 1 is 1.32 bits per heavy atom. The van der Waals surface area contributed by atoms with E-state index < -0.39 is 0 Å². The molecule has 1 aromatic heterocycles. The molecule has 5 heteroatoms. The minimum Gasteiger partial charge on any atom is -0.358 e. The van der Waals surface area contributed by atoms with Crippen LogP contribution in [0.3, 0.4) is 0 Å². The van der Waals surface area contributed by atoms with Crippen LogP contribution in [0.15, 0.2) is 35.3 Å². The Balaban J connectivity index is 2.32. The summed E-state index contributed by atoms with van der Waals surface area (Å²) in [6, 6.07) is 7.42. The summed E-state index contributed by atoms with van der Waals surface area (Å²) in [4.78, 5) is 25.7. The quantitative estimate of drug-likeness (QED) is 0.764. The van der Waals surface area contributed by atoms with Crippen LogP contribution in [0.1, 0.15) is 18.5 Å². The van der Waals surface area contributed by atoms with Crippen LogP contribution in [-0.4, -0.2) is 24.5 Å². The summed E-state index contributed by atoms with van der Waals surface area (Å²) < 4.78 is 0. The fourth-order valence-corrected chi connectivity index (χ4v) is 2.03. The van der Waals surface area contributed by atoms with Crippen molar-refractivity contribution in [1.82, 2.24) is 15.6 Å². The number of hydrogen-bond donors (Lipinski definition) is 3. The van der Waals surface area contributed by atoms with Crippen LogP contribution in [0.2, 0.25) is 0 Å². The van der Waals surface area contributed by atoms with Gasteiger partial charge in [-0.05, 0) is 23.9 Å². The molecule has 1 aromatic carbocycles. The van der Waals surface area contributed by atoms with Crippen molar-refractivity contribution in [3.63, 3.8) is 0 Å². The van der Waals surface area contributed by atoms with Crippen LogP contribution in [0.25, 0.3) is 10.8 Å². The zero-order valence-corrected chi connectivity index (χ0v) is 11.0. The Bertz CT molecular complexity index is 648. The van der Waals surface area contributed by atoms with Gasteiger partial charge in [0.1, 0.15) is 0 Å². The Morgan fingerprint density at radius 2 is 2.00 bits per heavy atom. The van der Waals surface area contributed by atoms with E-state index in [0.29, 0.717) is 5.39 Å². The first-order chi connectivity index (χ1) is 9.13. The highest BCUT2D eigenvalue weighted by atomic mass is 16.1. The second-order valence-corrected chi connectivity index (χ2v) is 4.39. The van der Waals surface area contributed by atoms with Gasteiger partial charge in [-0.1, -0.05) is 18.2 Å². The maximum absolute atomic E-state index is 11.7. The van der Waals surface area contributed by atoms with Crippen molar-refractivity contribution in [3.8, 4) is 0 Å². The fourth-order valence-electron chi connectivity index (χ4n) is 2.03. The van der Waals surface area contributed by atoms with Gasteiger partial charge in [0.05, 0.1) is 6.54 Å². The van der Waals surface area contributed by atoms with Crippen molar-refractivity contribution in [3.05, 3.63) is 46.4 Å². The zero-order chi connectivity index (χ0) is 13.8. The molecule has 0 bridgehead atoms. The molecule has 2 rings (SSSR count). The van der Waals surface area contributed by atoms with Gasteiger partial charge in [0.15, 0.2) is 0 Å². The number of nitrogens with one attached hydrogen (secondary N) is 3. The molecular weight excluding hydrogens is 242 g/mol. The van der Waals surface area contributed by atoms with Gasteiger partial charge in [0.25, 0.3) is 5.56 Å². The third kappa shape index (κ3) is 2.82. The van der Waals surface area contributed by atoms with E-state index in [0.717, 1.165) is 10.9 Å². The highest BCUT2D eigenvalue weighted by Gasteiger charge is 2.11. The normalized spacial score (nSPS) is 12.3. The van der Waals surface area contributed by atoms with Gasteiger partial charge in [-0.15, -0.1) is 0 Å². The first-order valence-electron chi connectivity index (χ1n) is 6.17. The molecule has 0 radical (unpaired) electrons. The topological polar surface area (TPSA) is 74.0 Å². The molecule has 0 saturated heterocycles. The van der Waals surface area contributed by atoms with E-state index in [2.05, 4.69) is 15.6 Å². The number of pyridine rings is 1. The number of carbonyl (C=O) groups is 1. The highest BCUT2D eigenvalue weighted by Crippen LogP contribution is 2.20. The molecule has 1 heterocycles. The van der Waals surface area contributed by atoms with Gasteiger partial charge in [-0.2, -0.15) is 0 Å². The number of carbonyl (C=O) groups excluding carboxylic acids is 1. The number of H-pyrrole nitrogens is 1. The van der Waals surface area contributed by atoms with Crippen molar-refractivity contribution >= 4 is 16.7 Å². The number of aromatic amines is 1. The molecule has 0 aliphatic heterocycles. The van der Waals surface area contributed by atoms with E-state index in [9.17, 15) is 9.59 Å². The van der Waals surface area contributed by atoms with E-state index in [1.807, 2.05) is 25.1 Å². The molecule has 100 valence electrons. The Kier molecular flexibility index (Phi) is 3.97. The average molecular weight is 259 g/mol. The third-order valence-corrected chi connectivity index (χ3v) is 3.16.